The molecule has 0 aromatic heterocycles. The summed E-state index contributed by atoms with van der Waals surface area (Å²) in [4.78, 5) is 11.2. The Balaban J connectivity index is 4.17. The van der Waals surface area contributed by atoms with Crippen LogP contribution in [-0.4, -0.2) is 12.6 Å². The summed E-state index contributed by atoms with van der Waals surface area (Å²) in [5.41, 5.74) is 0. The van der Waals surface area contributed by atoms with E-state index >= 15 is 0 Å². The molecule has 3 heteroatoms. The third kappa shape index (κ3) is 3.93. The smallest absolute Gasteiger partial charge is 0.323 e. The van der Waals surface area contributed by atoms with E-state index in [1.54, 1.807) is 6.92 Å². The Labute approximate surface area is 79.7 Å². The Morgan fingerprint density at radius 3 is 2.54 bits per heavy atom. The van der Waals surface area contributed by atoms with Gasteiger partial charge in [-0.2, -0.15) is 5.26 Å². The van der Waals surface area contributed by atoms with Crippen molar-refractivity contribution in [1.29, 1.82) is 5.26 Å². The highest BCUT2D eigenvalue weighted by Gasteiger charge is 2.25. The van der Waals surface area contributed by atoms with E-state index in [0.717, 1.165) is 12.8 Å². The molecule has 0 N–H and O–H groups in total. The average Bonchev–Trinajstić information content (AvgIpc) is 2.06. The van der Waals surface area contributed by atoms with Crippen molar-refractivity contribution in [1.82, 2.24) is 0 Å². The lowest BCUT2D eigenvalue weighted by atomic mass is 9.91. The van der Waals surface area contributed by atoms with Gasteiger partial charge in [0.15, 0.2) is 0 Å². The molecule has 0 radical (unpaired) electrons. The molecule has 13 heavy (non-hydrogen) atoms. The topological polar surface area (TPSA) is 50.1 Å². The van der Waals surface area contributed by atoms with E-state index in [2.05, 4.69) is 0 Å². The second-order valence-electron chi connectivity index (χ2n) is 3.12. The van der Waals surface area contributed by atoms with Crippen LogP contribution in [0.4, 0.5) is 0 Å². The van der Waals surface area contributed by atoms with Crippen LogP contribution in [0, 0.1) is 23.2 Å². The summed E-state index contributed by atoms with van der Waals surface area (Å²) in [6.45, 7) is 6.04. The van der Waals surface area contributed by atoms with Crippen LogP contribution in [0.2, 0.25) is 0 Å². The van der Waals surface area contributed by atoms with Crippen molar-refractivity contribution in [2.45, 2.75) is 33.6 Å². The number of esters is 1. The molecule has 0 spiro atoms. The van der Waals surface area contributed by atoms with E-state index in [-0.39, 0.29) is 11.9 Å². The molecule has 3 nitrogen and oxygen atoms in total. The summed E-state index contributed by atoms with van der Waals surface area (Å²) in [5.74, 6) is -0.889. The molecule has 0 bridgehead atoms. The predicted molar refractivity (Wildman–Crippen MR) is 49.8 cm³/mol. The standard InChI is InChI=1S/C10H17NO2/c1-4-6-8(3)9(7-11)10(12)13-5-2/h8-9H,4-6H2,1-3H3/t8-,9+/m1/s1. The molecule has 0 unspecified atom stereocenters. The first-order chi connectivity index (χ1) is 6.17. The number of hydrogen-bond donors (Lipinski definition) is 0. The van der Waals surface area contributed by atoms with Gasteiger partial charge in [0.25, 0.3) is 0 Å². The van der Waals surface area contributed by atoms with Gasteiger partial charge in [-0.1, -0.05) is 20.3 Å². The summed E-state index contributed by atoms with van der Waals surface area (Å²) in [6, 6.07) is 2.00. The molecule has 0 aliphatic heterocycles. The second kappa shape index (κ2) is 6.47. The van der Waals surface area contributed by atoms with Crippen LogP contribution < -0.4 is 0 Å². The number of nitrogens with zero attached hydrogens (tertiary/aromatic N) is 1. The van der Waals surface area contributed by atoms with Crippen molar-refractivity contribution in [3.05, 3.63) is 0 Å². The third-order valence-corrected chi connectivity index (χ3v) is 1.99. The SMILES string of the molecule is CCC[C@@H](C)[C@H](C#N)C(=O)OCC. The molecular formula is C10H17NO2. The van der Waals surface area contributed by atoms with Crippen LogP contribution in [-0.2, 0) is 9.53 Å². The number of rotatable bonds is 5. The monoisotopic (exact) mass is 183 g/mol. The molecule has 0 fully saturated rings. The normalized spacial score (nSPS) is 14.3. The van der Waals surface area contributed by atoms with Gasteiger partial charge in [0.2, 0.25) is 0 Å². The molecule has 0 aromatic carbocycles. The van der Waals surface area contributed by atoms with Gasteiger partial charge in [0, 0.05) is 0 Å². The van der Waals surface area contributed by atoms with Gasteiger partial charge in [-0.15, -0.1) is 0 Å². The van der Waals surface area contributed by atoms with E-state index in [9.17, 15) is 4.79 Å². The third-order valence-electron chi connectivity index (χ3n) is 1.99. The summed E-state index contributed by atoms with van der Waals surface area (Å²) in [5, 5.41) is 8.77. The molecular weight excluding hydrogens is 166 g/mol. The maximum absolute atomic E-state index is 11.2. The molecule has 0 saturated carbocycles. The molecule has 0 rings (SSSR count). The van der Waals surface area contributed by atoms with Crippen molar-refractivity contribution < 1.29 is 9.53 Å². The Morgan fingerprint density at radius 2 is 2.15 bits per heavy atom. The van der Waals surface area contributed by atoms with Gasteiger partial charge in [-0.05, 0) is 19.3 Å². The van der Waals surface area contributed by atoms with E-state index < -0.39 is 5.92 Å². The second-order valence-corrected chi connectivity index (χ2v) is 3.12. The van der Waals surface area contributed by atoms with Gasteiger partial charge in [0.05, 0.1) is 12.7 Å². The van der Waals surface area contributed by atoms with Crippen molar-refractivity contribution in [3.8, 4) is 6.07 Å². The fourth-order valence-corrected chi connectivity index (χ4v) is 1.27. The minimum Gasteiger partial charge on any atom is -0.465 e. The van der Waals surface area contributed by atoms with Crippen LogP contribution in [0.25, 0.3) is 0 Å². The minimum atomic E-state index is -0.597. The highest BCUT2D eigenvalue weighted by Crippen LogP contribution is 2.17. The largest absolute Gasteiger partial charge is 0.465 e. The fraction of sp³-hybridized carbons (Fsp3) is 0.800. The summed E-state index contributed by atoms with van der Waals surface area (Å²) >= 11 is 0. The van der Waals surface area contributed by atoms with Crippen molar-refractivity contribution in [2.24, 2.45) is 11.8 Å². The van der Waals surface area contributed by atoms with Crippen LogP contribution in [0.5, 0.6) is 0 Å². The zero-order chi connectivity index (χ0) is 10.3. The molecule has 0 heterocycles. The Bertz CT molecular complexity index is 196. The van der Waals surface area contributed by atoms with Crippen molar-refractivity contribution in [3.63, 3.8) is 0 Å². The molecule has 0 saturated heterocycles. The quantitative estimate of drug-likeness (QED) is 0.613. The van der Waals surface area contributed by atoms with Gasteiger partial charge >= 0.3 is 5.97 Å². The molecule has 0 amide bonds. The van der Waals surface area contributed by atoms with Crippen molar-refractivity contribution in [2.75, 3.05) is 6.61 Å². The molecule has 2 atom stereocenters. The highest BCUT2D eigenvalue weighted by atomic mass is 16.5. The first kappa shape index (κ1) is 12.0. The summed E-state index contributed by atoms with van der Waals surface area (Å²) < 4.78 is 4.80. The van der Waals surface area contributed by atoms with E-state index in [1.807, 2.05) is 19.9 Å². The minimum absolute atomic E-state index is 0.0917. The zero-order valence-corrected chi connectivity index (χ0v) is 8.54. The summed E-state index contributed by atoms with van der Waals surface area (Å²) in [7, 11) is 0. The highest BCUT2D eigenvalue weighted by molar-refractivity contribution is 5.75. The average molecular weight is 183 g/mol. The van der Waals surface area contributed by atoms with E-state index in [1.165, 1.54) is 0 Å². The first-order valence-corrected chi connectivity index (χ1v) is 4.73. The maximum Gasteiger partial charge on any atom is 0.323 e. The van der Waals surface area contributed by atoms with Gasteiger partial charge in [0.1, 0.15) is 5.92 Å². The van der Waals surface area contributed by atoms with Crippen LogP contribution in [0.1, 0.15) is 33.6 Å². The number of nitriles is 1. The van der Waals surface area contributed by atoms with Crippen LogP contribution in [0.3, 0.4) is 0 Å². The zero-order valence-electron chi connectivity index (χ0n) is 8.54. The van der Waals surface area contributed by atoms with Crippen molar-refractivity contribution >= 4 is 5.97 Å². The maximum atomic E-state index is 11.2. The Hall–Kier alpha value is -1.04. The number of hydrogen-bond acceptors (Lipinski definition) is 3. The Morgan fingerprint density at radius 1 is 1.54 bits per heavy atom. The van der Waals surface area contributed by atoms with Gasteiger partial charge in [-0.3, -0.25) is 4.79 Å². The van der Waals surface area contributed by atoms with Crippen LogP contribution >= 0.6 is 0 Å². The van der Waals surface area contributed by atoms with E-state index in [4.69, 9.17) is 10.00 Å². The lowest BCUT2D eigenvalue weighted by Crippen LogP contribution is -2.22. The number of carbonyl (C=O) groups excluding carboxylic acids is 1. The van der Waals surface area contributed by atoms with Gasteiger partial charge < -0.3 is 4.74 Å². The number of ether oxygens (including phenoxy) is 1. The first-order valence-electron chi connectivity index (χ1n) is 4.73. The molecule has 0 aromatic rings. The van der Waals surface area contributed by atoms with Gasteiger partial charge in [-0.25, -0.2) is 0 Å². The van der Waals surface area contributed by atoms with Crippen LogP contribution in [0.15, 0.2) is 0 Å². The number of carbonyl (C=O) groups is 1. The summed E-state index contributed by atoms with van der Waals surface area (Å²) in [6.07, 6.45) is 1.87. The molecule has 0 aliphatic rings. The predicted octanol–water partition coefficient (Wildman–Crippen LogP) is 2.13. The van der Waals surface area contributed by atoms with E-state index in [0.29, 0.717) is 6.61 Å². The Kier molecular flexibility index (Phi) is 5.96. The molecule has 0 aliphatic carbocycles. The lowest BCUT2D eigenvalue weighted by molar-refractivity contribution is -0.147. The fourth-order valence-electron chi connectivity index (χ4n) is 1.27. The molecule has 74 valence electrons. The lowest BCUT2D eigenvalue weighted by Gasteiger charge is -2.14.